The Morgan fingerprint density at radius 1 is 0.452 bits per heavy atom. The van der Waals surface area contributed by atoms with Crippen LogP contribution in [0.15, 0.2) is 101 Å². The number of rotatable bonds is 2. The third-order valence-corrected chi connectivity index (χ3v) is 6.30. The average Bonchev–Trinajstić information content (AvgIpc) is 3.15. The molecule has 0 saturated carbocycles. The molecule has 6 rings (SSSR count). The van der Waals surface area contributed by atoms with Crippen LogP contribution in [-0.4, -0.2) is 0 Å². The molecule has 1 aliphatic heterocycles. The Kier molecular flexibility index (Phi) is 4.27. The summed E-state index contributed by atoms with van der Waals surface area (Å²) in [6.07, 6.45) is 0. The normalized spacial score (nSPS) is 11.5. The lowest BCUT2D eigenvalue weighted by atomic mass is 9.94. The molecule has 0 fully saturated rings. The lowest BCUT2D eigenvalue weighted by Crippen LogP contribution is -1.89. The van der Waals surface area contributed by atoms with Crippen molar-refractivity contribution in [3.8, 4) is 33.6 Å². The van der Waals surface area contributed by atoms with Gasteiger partial charge in [-0.25, -0.2) is 0 Å². The standard InChI is InChI=1S/C28H16Cl2O/c29-19-13-9-17(10-14-19)25-21-5-1-2-6-22(21)27-26(25)23-7-3-4-8-24(23)31-28(27)18-11-15-20(30)16-12-18/h1-16H. The van der Waals surface area contributed by atoms with E-state index in [-0.39, 0.29) is 0 Å². The Bertz CT molecular complexity index is 1530. The molecule has 2 aliphatic rings. The summed E-state index contributed by atoms with van der Waals surface area (Å²) in [7, 11) is 0. The summed E-state index contributed by atoms with van der Waals surface area (Å²) in [5.41, 5.74) is 6.49. The molecule has 0 amide bonds. The molecule has 0 radical (unpaired) electrons. The molecule has 3 heteroatoms. The van der Waals surface area contributed by atoms with Crippen LogP contribution in [0.25, 0.3) is 55.3 Å². The fourth-order valence-corrected chi connectivity index (χ4v) is 4.71. The molecule has 0 saturated heterocycles. The number of halogens is 2. The second-order valence-corrected chi connectivity index (χ2v) is 8.48. The molecule has 0 atom stereocenters. The highest BCUT2D eigenvalue weighted by Crippen LogP contribution is 2.52. The Labute approximate surface area is 189 Å². The molecule has 0 N–H and O–H groups in total. The topological polar surface area (TPSA) is 13.1 Å². The van der Waals surface area contributed by atoms with Gasteiger partial charge in [-0.15, -0.1) is 0 Å². The Morgan fingerprint density at radius 2 is 0.968 bits per heavy atom. The highest BCUT2D eigenvalue weighted by molar-refractivity contribution is 6.31. The predicted molar refractivity (Wildman–Crippen MR) is 131 cm³/mol. The molecule has 31 heavy (non-hydrogen) atoms. The van der Waals surface area contributed by atoms with E-state index < -0.39 is 0 Å². The molecule has 1 heterocycles. The van der Waals surface area contributed by atoms with Gasteiger partial charge in [0.2, 0.25) is 0 Å². The lowest BCUT2D eigenvalue weighted by Gasteiger charge is -2.14. The van der Waals surface area contributed by atoms with Gasteiger partial charge in [-0.1, -0.05) is 77.8 Å². The van der Waals surface area contributed by atoms with Gasteiger partial charge in [0.05, 0.1) is 0 Å². The van der Waals surface area contributed by atoms with Gasteiger partial charge >= 0.3 is 0 Å². The number of benzene rings is 4. The van der Waals surface area contributed by atoms with Crippen molar-refractivity contribution < 1.29 is 4.42 Å². The fraction of sp³-hybridized carbons (Fsp3) is 0. The second-order valence-electron chi connectivity index (χ2n) is 7.61. The minimum Gasteiger partial charge on any atom is -0.455 e. The van der Waals surface area contributed by atoms with Crippen molar-refractivity contribution in [3.05, 3.63) is 107 Å². The highest BCUT2D eigenvalue weighted by Gasteiger charge is 2.26. The van der Waals surface area contributed by atoms with Crippen LogP contribution < -0.4 is 0 Å². The van der Waals surface area contributed by atoms with Crippen LogP contribution >= 0.6 is 23.2 Å². The van der Waals surface area contributed by atoms with Gasteiger partial charge in [-0.3, -0.25) is 0 Å². The van der Waals surface area contributed by atoms with E-state index in [9.17, 15) is 0 Å². The summed E-state index contributed by atoms with van der Waals surface area (Å²) in [4.78, 5) is 0. The largest absolute Gasteiger partial charge is 0.455 e. The molecule has 4 aromatic rings. The van der Waals surface area contributed by atoms with Crippen molar-refractivity contribution in [2.24, 2.45) is 0 Å². The quantitative estimate of drug-likeness (QED) is 0.262. The highest BCUT2D eigenvalue weighted by atomic mass is 35.5. The number of hydrogen-bond acceptors (Lipinski definition) is 1. The van der Waals surface area contributed by atoms with Gasteiger partial charge < -0.3 is 4.42 Å². The van der Waals surface area contributed by atoms with Crippen molar-refractivity contribution in [2.45, 2.75) is 0 Å². The van der Waals surface area contributed by atoms with E-state index >= 15 is 0 Å². The average molecular weight is 439 g/mol. The molecule has 4 aromatic carbocycles. The third kappa shape index (κ3) is 2.93. The molecule has 0 aromatic heterocycles. The minimum atomic E-state index is 0.704. The summed E-state index contributed by atoms with van der Waals surface area (Å²) in [5.74, 6) is 0.849. The van der Waals surface area contributed by atoms with E-state index in [1.807, 2.05) is 48.5 Å². The van der Waals surface area contributed by atoms with E-state index in [1.165, 1.54) is 21.9 Å². The second kappa shape index (κ2) is 7.16. The maximum atomic E-state index is 6.51. The van der Waals surface area contributed by atoms with Gasteiger partial charge in [0.15, 0.2) is 0 Å². The monoisotopic (exact) mass is 438 g/mol. The number of fused-ring (bicyclic) bond motifs is 5. The van der Waals surface area contributed by atoms with Crippen LogP contribution in [-0.2, 0) is 0 Å². The molecule has 0 bridgehead atoms. The first-order valence-corrected chi connectivity index (χ1v) is 10.8. The number of hydrogen-bond donors (Lipinski definition) is 0. The first-order chi connectivity index (χ1) is 15.2. The van der Waals surface area contributed by atoms with E-state index in [2.05, 4.69) is 48.5 Å². The van der Waals surface area contributed by atoms with Crippen LogP contribution in [0.5, 0.6) is 0 Å². The summed E-state index contributed by atoms with van der Waals surface area (Å²) in [6.45, 7) is 0. The SMILES string of the molecule is Clc1ccc(-c2oc3ccccc3c3c(-c4ccc(Cl)cc4)c4ccccc4c2-3)cc1. The minimum absolute atomic E-state index is 0.704. The first kappa shape index (κ1) is 18.5. The maximum Gasteiger partial charge on any atom is 0.143 e. The molecule has 0 unspecified atom stereocenters. The summed E-state index contributed by atoms with van der Waals surface area (Å²) in [5, 5.41) is 4.89. The first-order valence-electron chi connectivity index (χ1n) is 10.1. The summed E-state index contributed by atoms with van der Waals surface area (Å²) >= 11 is 12.4. The van der Waals surface area contributed by atoms with Crippen LogP contribution in [0.1, 0.15) is 0 Å². The van der Waals surface area contributed by atoms with Crippen LogP contribution in [0.2, 0.25) is 10.0 Å². The van der Waals surface area contributed by atoms with Crippen LogP contribution in [0.3, 0.4) is 0 Å². The molecule has 148 valence electrons. The fourth-order valence-electron chi connectivity index (χ4n) is 4.46. The number of para-hydroxylation sites is 1. The van der Waals surface area contributed by atoms with Crippen molar-refractivity contribution >= 4 is 44.9 Å². The lowest BCUT2D eigenvalue weighted by molar-refractivity contribution is 0.622. The molecule has 1 aliphatic carbocycles. The zero-order valence-corrected chi connectivity index (χ0v) is 17.9. The molecule has 1 nitrogen and oxygen atoms in total. The predicted octanol–water partition coefficient (Wildman–Crippen LogP) is 9.33. The summed E-state index contributed by atoms with van der Waals surface area (Å²) in [6, 6.07) is 32.6. The van der Waals surface area contributed by atoms with Crippen molar-refractivity contribution in [1.29, 1.82) is 0 Å². The van der Waals surface area contributed by atoms with E-state index in [0.717, 1.165) is 38.4 Å². The van der Waals surface area contributed by atoms with Crippen molar-refractivity contribution in [1.82, 2.24) is 0 Å². The van der Waals surface area contributed by atoms with E-state index in [0.29, 0.717) is 5.02 Å². The maximum absolute atomic E-state index is 6.51. The Hall–Kier alpha value is -3.26. The van der Waals surface area contributed by atoms with Crippen molar-refractivity contribution in [3.63, 3.8) is 0 Å². The Balaban J connectivity index is 1.82. The van der Waals surface area contributed by atoms with Crippen LogP contribution in [0.4, 0.5) is 0 Å². The third-order valence-electron chi connectivity index (χ3n) is 5.80. The van der Waals surface area contributed by atoms with E-state index in [1.54, 1.807) is 0 Å². The Morgan fingerprint density at radius 3 is 1.61 bits per heavy atom. The van der Waals surface area contributed by atoms with Gasteiger partial charge in [-0.05, 0) is 64.4 Å². The molecular formula is C28H16Cl2O. The molecular weight excluding hydrogens is 423 g/mol. The zero-order valence-electron chi connectivity index (χ0n) is 16.4. The van der Waals surface area contributed by atoms with E-state index in [4.69, 9.17) is 27.6 Å². The van der Waals surface area contributed by atoms with Gasteiger partial charge in [-0.2, -0.15) is 0 Å². The molecule has 0 spiro atoms. The van der Waals surface area contributed by atoms with Gasteiger partial charge in [0.25, 0.3) is 0 Å². The van der Waals surface area contributed by atoms with Crippen molar-refractivity contribution in [2.75, 3.05) is 0 Å². The van der Waals surface area contributed by atoms with Gasteiger partial charge in [0, 0.05) is 32.1 Å². The zero-order chi connectivity index (χ0) is 20.9. The van der Waals surface area contributed by atoms with Crippen LogP contribution in [0, 0.1) is 0 Å². The summed E-state index contributed by atoms with van der Waals surface area (Å²) < 4.78 is 6.51. The smallest absolute Gasteiger partial charge is 0.143 e. The van der Waals surface area contributed by atoms with Gasteiger partial charge in [0.1, 0.15) is 11.3 Å².